The van der Waals surface area contributed by atoms with E-state index in [4.69, 9.17) is 5.73 Å². The summed E-state index contributed by atoms with van der Waals surface area (Å²) in [6, 6.07) is 8.19. The zero-order valence-electron chi connectivity index (χ0n) is 10.2. The van der Waals surface area contributed by atoms with Crippen LogP contribution in [0.4, 0.5) is 0 Å². The molecule has 2 nitrogen and oxygen atoms in total. The summed E-state index contributed by atoms with van der Waals surface area (Å²) >= 11 is 1.72. The Labute approximate surface area is 102 Å². The molecule has 0 amide bonds. The van der Waals surface area contributed by atoms with Gasteiger partial charge in [0.25, 0.3) is 0 Å². The predicted octanol–water partition coefficient (Wildman–Crippen LogP) is 2.67. The van der Waals surface area contributed by atoms with Crippen LogP contribution in [0.5, 0.6) is 0 Å². The molecule has 0 aromatic heterocycles. The number of nitrogens with two attached hydrogens (primary N) is 1. The molecule has 3 heteroatoms. The van der Waals surface area contributed by atoms with E-state index in [1.54, 1.807) is 11.8 Å². The maximum Gasteiger partial charge on any atom is 0.0479 e. The van der Waals surface area contributed by atoms with E-state index in [0.717, 1.165) is 5.56 Å². The zero-order valence-corrected chi connectivity index (χ0v) is 11.0. The van der Waals surface area contributed by atoms with Crippen molar-refractivity contribution >= 4 is 11.8 Å². The molecule has 0 fully saturated rings. The number of benzene rings is 1. The first-order valence-electron chi connectivity index (χ1n) is 5.60. The van der Waals surface area contributed by atoms with Crippen LogP contribution >= 0.6 is 11.8 Å². The van der Waals surface area contributed by atoms with Crippen molar-refractivity contribution in [3.8, 4) is 0 Å². The first-order valence-corrected chi connectivity index (χ1v) is 6.83. The van der Waals surface area contributed by atoms with Crippen molar-refractivity contribution in [1.29, 1.82) is 0 Å². The molecular weight excluding hydrogens is 218 g/mol. The van der Waals surface area contributed by atoms with E-state index in [0.29, 0.717) is 5.92 Å². The van der Waals surface area contributed by atoms with Gasteiger partial charge in [0.15, 0.2) is 0 Å². The van der Waals surface area contributed by atoms with Crippen molar-refractivity contribution in [2.75, 3.05) is 12.9 Å². The Morgan fingerprint density at radius 3 is 2.19 bits per heavy atom. The molecule has 1 aromatic rings. The Balaban J connectivity index is 2.82. The summed E-state index contributed by atoms with van der Waals surface area (Å²) in [4.78, 5) is 1.24. The van der Waals surface area contributed by atoms with Gasteiger partial charge in [0.2, 0.25) is 0 Å². The van der Waals surface area contributed by atoms with Crippen LogP contribution in [0.25, 0.3) is 0 Å². The first-order chi connectivity index (χ1) is 7.60. The van der Waals surface area contributed by atoms with Crippen molar-refractivity contribution in [1.82, 2.24) is 0 Å². The molecule has 2 atom stereocenters. The molecule has 90 valence electrons. The standard InChI is InChI=1S/C13H21NOS/c1-9(2)12(8-15)13(14)10-4-6-11(16-3)7-5-10/h4-7,9,12-13,15H,8,14H2,1-3H3. The Morgan fingerprint density at radius 2 is 1.81 bits per heavy atom. The van der Waals surface area contributed by atoms with Gasteiger partial charge in [-0.25, -0.2) is 0 Å². The number of hydrogen-bond acceptors (Lipinski definition) is 3. The normalized spacial score (nSPS) is 15.1. The highest BCUT2D eigenvalue weighted by atomic mass is 32.2. The van der Waals surface area contributed by atoms with E-state index in [1.165, 1.54) is 4.90 Å². The van der Waals surface area contributed by atoms with Crippen LogP contribution in [0, 0.1) is 11.8 Å². The number of aliphatic hydroxyl groups is 1. The number of rotatable bonds is 5. The molecule has 0 aliphatic heterocycles. The molecule has 0 aliphatic carbocycles. The van der Waals surface area contributed by atoms with Crippen LogP contribution in [0.2, 0.25) is 0 Å². The van der Waals surface area contributed by atoms with Crippen LogP contribution in [-0.2, 0) is 0 Å². The molecular formula is C13H21NOS. The van der Waals surface area contributed by atoms with Crippen LogP contribution in [0.15, 0.2) is 29.2 Å². The molecule has 1 aromatic carbocycles. The van der Waals surface area contributed by atoms with Crippen LogP contribution in [-0.4, -0.2) is 18.0 Å². The van der Waals surface area contributed by atoms with Crippen LogP contribution in [0.1, 0.15) is 25.5 Å². The largest absolute Gasteiger partial charge is 0.396 e. The summed E-state index contributed by atoms with van der Waals surface area (Å²) in [6.07, 6.45) is 2.06. The molecule has 0 heterocycles. The van der Waals surface area contributed by atoms with Gasteiger partial charge < -0.3 is 10.8 Å². The van der Waals surface area contributed by atoms with Gasteiger partial charge in [-0.3, -0.25) is 0 Å². The SMILES string of the molecule is CSc1ccc(C(N)C(CO)C(C)C)cc1. The molecule has 0 spiro atoms. The minimum absolute atomic E-state index is 0.0825. The second kappa shape index (κ2) is 6.28. The van der Waals surface area contributed by atoms with Gasteiger partial charge >= 0.3 is 0 Å². The molecule has 0 saturated carbocycles. The van der Waals surface area contributed by atoms with E-state index in [2.05, 4.69) is 44.4 Å². The number of thioether (sulfide) groups is 1. The van der Waals surface area contributed by atoms with Gasteiger partial charge in [-0.2, -0.15) is 0 Å². The molecule has 0 aliphatic rings. The summed E-state index contributed by atoms with van der Waals surface area (Å²) in [7, 11) is 0. The number of aliphatic hydroxyl groups excluding tert-OH is 1. The van der Waals surface area contributed by atoms with Gasteiger partial charge in [-0.05, 0) is 29.9 Å². The fourth-order valence-corrected chi connectivity index (χ4v) is 2.22. The Hall–Kier alpha value is -0.510. The van der Waals surface area contributed by atoms with E-state index < -0.39 is 0 Å². The van der Waals surface area contributed by atoms with Crippen molar-refractivity contribution in [2.45, 2.75) is 24.8 Å². The second-order valence-corrected chi connectivity index (χ2v) is 5.27. The van der Waals surface area contributed by atoms with Gasteiger partial charge in [0.1, 0.15) is 0 Å². The predicted molar refractivity (Wildman–Crippen MR) is 70.6 cm³/mol. The summed E-state index contributed by atoms with van der Waals surface area (Å²) in [6.45, 7) is 4.33. The first kappa shape index (κ1) is 13.6. The Kier molecular flexibility index (Phi) is 5.32. The van der Waals surface area contributed by atoms with Crippen molar-refractivity contribution in [3.05, 3.63) is 29.8 Å². The second-order valence-electron chi connectivity index (χ2n) is 4.39. The van der Waals surface area contributed by atoms with E-state index >= 15 is 0 Å². The molecule has 3 N–H and O–H groups in total. The highest BCUT2D eigenvalue weighted by Gasteiger charge is 2.21. The molecule has 0 bridgehead atoms. The fraction of sp³-hybridized carbons (Fsp3) is 0.538. The third-order valence-electron chi connectivity index (χ3n) is 3.03. The van der Waals surface area contributed by atoms with Crippen LogP contribution < -0.4 is 5.73 Å². The molecule has 1 rings (SSSR count). The lowest BCUT2D eigenvalue weighted by Crippen LogP contribution is -2.28. The summed E-state index contributed by atoms with van der Waals surface area (Å²) in [5, 5.41) is 9.34. The Bertz CT molecular complexity index is 310. The van der Waals surface area contributed by atoms with E-state index in [9.17, 15) is 5.11 Å². The van der Waals surface area contributed by atoms with Crippen molar-refractivity contribution in [2.24, 2.45) is 17.6 Å². The van der Waals surface area contributed by atoms with E-state index in [1.807, 2.05) is 0 Å². The lowest BCUT2D eigenvalue weighted by molar-refractivity contribution is 0.166. The van der Waals surface area contributed by atoms with Crippen LogP contribution in [0.3, 0.4) is 0 Å². The number of hydrogen-bond donors (Lipinski definition) is 2. The molecule has 0 saturated heterocycles. The van der Waals surface area contributed by atoms with Crippen molar-refractivity contribution < 1.29 is 5.11 Å². The summed E-state index contributed by atoms with van der Waals surface area (Å²) in [5.41, 5.74) is 7.28. The van der Waals surface area contributed by atoms with E-state index in [-0.39, 0.29) is 18.6 Å². The highest BCUT2D eigenvalue weighted by Crippen LogP contribution is 2.27. The lowest BCUT2D eigenvalue weighted by atomic mass is 9.86. The average Bonchev–Trinajstić information content (AvgIpc) is 2.29. The molecule has 16 heavy (non-hydrogen) atoms. The monoisotopic (exact) mass is 239 g/mol. The fourth-order valence-electron chi connectivity index (χ4n) is 1.81. The maximum absolute atomic E-state index is 9.34. The lowest BCUT2D eigenvalue weighted by Gasteiger charge is -2.25. The minimum atomic E-state index is -0.0825. The quantitative estimate of drug-likeness (QED) is 0.777. The third-order valence-corrected chi connectivity index (χ3v) is 3.77. The summed E-state index contributed by atoms with van der Waals surface area (Å²) in [5.74, 6) is 0.514. The van der Waals surface area contributed by atoms with Crippen molar-refractivity contribution in [3.63, 3.8) is 0 Å². The maximum atomic E-state index is 9.34. The van der Waals surface area contributed by atoms with Gasteiger partial charge in [-0.15, -0.1) is 11.8 Å². The molecule has 2 unspecified atom stereocenters. The summed E-state index contributed by atoms with van der Waals surface area (Å²) < 4.78 is 0. The topological polar surface area (TPSA) is 46.2 Å². The van der Waals surface area contributed by atoms with Gasteiger partial charge in [0.05, 0.1) is 0 Å². The zero-order chi connectivity index (χ0) is 12.1. The third kappa shape index (κ3) is 3.24. The van der Waals surface area contributed by atoms with Gasteiger partial charge in [-0.1, -0.05) is 26.0 Å². The highest BCUT2D eigenvalue weighted by molar-refractivity contribution is 7.98. The smallest absolute Gasteiger partial charge is 0.0479 e. The average molecular weight is 239 g/mol. The minimum Gasteiger partial charge on any atom is -0.396 e. The van der Waals surface area contributed by atoms with Gasteiger partial charge in [0, 0.05) is 23.5 Å². The molecule has 0 radical (unpaired) electrons. The Morgan fingerprint density at radius 1 is 1.25 bits per heavy atom.